The number of aliphatic carboxylic acids is 1. The molecule has 1 saturated heterocycles. The van der Waals surface area contributed by atoms with Crippen molar-refractivity contribution in [3.63, 3.8) is 0 Å². The number of para-hydroxylation sites is 1. The second-order valence-corrected chi connectivity index (χ2v) is 6.07. The van der Waals surface area contributed by atoms with E-state index >= 15 is 0 Å². The third-order valence-corrected chi connectivity index (χ3v) is 4.42. The predicted octanol–water partition coefficient (Wildman–Crippen LogP) is 1.79. The Kier molecular flexibility index (Phi) is 5.54. The summed E-state index contributed by atoms with van der Waals surface area (Å²) < 4.78 is 13.8. The van der Waals surface area contributed by atoms with E-state index in [0.717, 1.165) is 0 Å². The first kappa shape index (κ1) is 17.9. The second kappa shape index (κ2) is 7.42. The van der Waals surface area contributed by atoms with Gasteiger partial charge in [-0.2, -0.15) is 0 Å². The highest BCUT2D eigenvalue weighted by molar-refractivity contribution is 6.00. The molecule has 3 unspecified atom stereocenters. The number of amides is 2. The van der Waals surface area contributed by atoms with E-state index in [1.807, 2.05) is 6.92 Å². The van der Waals surface area contributed by atoms with Gasteiger partial charge < -0.3 is 15.3 Å². The van der Waals surface area contributed by atoms with Crippen LogP contribution in [0, 0.1) is 17.7 Å². The molecule has 7 heteroatoms. The largest absolute Gasteiger partial charge is 0.480 e. The first-order chi connectivity index (χ1) is 11.3. The number of carbonyl (C=O) groups is 3. The van der Waals surface area contributed by atoms with Crippen LogP contribution in [-0.4, -0.2) is 35.5 Å². The van der Waals surface area contributed by atoms with E-state index in [0.29, 0.717) is 6.42 Å². The monoisotopic (exact) mass is 336 g/mol. The van der Waals surface area contributed by atoms with Crippen LogP contribution in [0.3, 0.4) is 0 Å². The standard InChI is InChI=1S/C17H21FN2O4/c1-3-10(2)15(17(23)24)19-16(22)11-8-14(21)20(9-11)13-7-5-4-6-12(13)18/h4-7,10-11,15H,3,8-9H2,1-2H3,(H,19,22)(H,23,24). The van der Waals surface area contributed by atoms with E-state index in [-0.39, 0.29) is 30.5 Å². The Hall–Kier alpha value is -2.44. The number of nitrogens with zero attached hydrogens (tertiary/aromatic N) is 1. The molecule has 0 bridgehead atoms. The minimum Gasteiger partial charge on any atom is -0.480 e. The maximum Gasteiger partial charge on any atom is 0.326 e. The Bertz CT molecular complexity index is 649. The zero-order valence-electron chi connectivity index (χ0n) is 13.7. The van der Waals surface area contributed by atoms with Gasteiger partial charge in [0.1, 0.15) is 11.9 Å². The van der Waals surface area contributed by atoms with Crippen LogP contribution < -0.4 is 10.2 Å². The first-order valence-electron chi connectivity index (χ1n) is 7.93. The number of carbonyl (C=O) groups excluding carboxylic acids is 2. The lowest BCUT2D eigenvalue weighted by molar-refractivity contribution is -0.143. The Balaban J connectivity index is 2.09. The number of carboxylic acid groups (broad SMARTS) is 1. The second-order valence-electron chi connectivity index (χ2n) is 6.07. The zero-order valence-corrected chi connectivity index (χ0v) is 13.7. The van der Waals surface area contributed by atoms with Crippen molar-refractivity contribution in [2.75, 3.05) is 11.4 Å². The van der Waals surface area contributed by atoms with E-state index in [9.17, 15) is 23.9 Å². The number of rotatable bonds is 6. The third-order valence-electron chi connectivity index (χ3n) is 4.42. The van der Waals surface area contributed by atoms with Crippen molar-refractivity contribution >= 4 is 23.5 Å². The van der Waals surface area contributed by atoms with Gasteiger partial charge in [-0.15, -0.1) is 0 Å². The number of hydrogen-bond donors (Lipinski definition) is 2. The SMILES string of the molecule is CCC(C)C(NC(=O)C1CC(=O)N(c2ccccc2F)C1)C(=O)O. The van der Waals surface area contributed by atoms with Crippen molar-refractivity contribution in [3.8, 4) is 0 Å². The van der Waals surface area contributed by atoms with E-state index in [1.165, 1.54) is 23.1 Å². The summed E-state index contributed by atoms with van der Waals surface area (Å²) in [6.45, 7) is 3.62. The van der Waals surface area contributed by atoms with Gasteiger partial charge in [0.15, 0.2) is 0 Å². The zero-order chi connectivity index (χ0) is 17.9. The van der Waals surface area contributed by atoms with Gasteiger partial charge >= 0.3 is 5.97 Å². The summed E-state index contributed by atoms with van der Waals surface area (Å²) in [4.78, 5) is 37.0. The van der Waals surface area contributed by atoms with Gasteiger partial charge in [-0.3, -0.25) is 9.59 Å². The minimum atomic E-state index is -1.10. The number of hydrogen-bond acceptors (Lipinski definition) is 3. The molecule has 0 saturated carbocycles. The predicted molar refractivity (Wildman–Crippen MR) is 85.9 cm³/mol. The molecule has 1 heterocycles. The van der Waals surface area contributed by atoms with Crippen molar-refractivity contribution in [2.45, 2.75) is 32.7 Å². The molecular weight excluding hydrogens is 315 g/mol. The average molecular weight is 336 g/mol. The molecule has 0 aliphatic carbocycles. The van der Waals surface area contributed by atoms with Gasteiger partial charge in [0, 0.05) is 13.0 Å². The smallest absolute Gasteiger partial charge is 0.326 e. The molecule has 130 valence electrons. The fourth-order valence-corrected chi connectivity index (χ4v) is 2.74. The third kappa shape index (κ3) is 3.72. The van der Waals surface area contributed by atoms with E-state index < -0.39 is 29.7 Å². The minimum absolute atomic E-state index is 0.0401. The van der Waals surface area contributed by atoms with Crippen LogP contribution in [0.1, 0.15) is 26.7 Å². The van der Waals surface area contributed by atoms with Gasteiger partial charge in [-0.05, 0) is 18.1 Å². The van der Waals surface area contributed by atoms with E-state index in [4.69, 9.17) is 0 Å². The number of anilines is 1. The van der Waals surface area contributed by atoms with Crippen molar-refractivity contribution in [1.82, 2.24) is 5.32 Å². The summed E-state index contributed by atoms with van der Waals surface area (Å²) in [7, 11) is 0. The molecule has 3 atom stereocenters. The van der Waals surface area contributed by atoms with Crippen LogP contribution in [0.5, 0.6) is 0 Å². The van der Waals surface area contributed by atoms with Crippen molar-refractivity contribution in [2.24, 2.45) is 11.8 Å². The van der Waals surface area contributed by atoms with Gasteiger partial charge in [0.05, 0.1) is 11.6 Å². The highest BCUT2D eigenvalue weighted by Crippen LogP contribution is 2.27. The fourth-order valence-electron chi connectivity index (χ4n) is 2.74. The Morgan fingerprint density at radius 2 is 2.08 bits per heavy atom. The fraction of sp³-hybridized carbons (Fsp3) is 0.471. The lowest BCUT2D eigenvalue weighted by Crippen LogP contribution is -2.47. The summed E-state index contributed by atoms with van der Waals surface area (Å²) in [5.74, 6) is -3.40. The summed E-state index contributed by atoms with van der Waals surface area (Å²) in [5, 5.41) is 11.7. The van der Waals surface area contributed by atoms with Gasteiger partial charge in [-0.1, -0.05) is 32.4 Å². The maximum atomic E-state index is 13.8. The number of nitrogens with one attached hydrogen (secondary N) is 1. The Morgan fingerprint density at radius 3 is 2.67 bits per heavy atom. The molecule has 1 fully saturated rings. The summed E-state index contributed by atoms with van der Waals surface area (Å²) >= 11 is 0. The van der Waals surface area contributed by atoms with Crippen molar-refractivity contribution < 1.29 is 23.9 Å². The number of halogens is 1. The first-order valence-corrected chi connectivity index (χ1v) is 7.93. The summed E-state index contributed by atoms with van der Waals surface area (Å²) in [6.07, 6.45) is 0.537. The van der Waals surface area contributed by atoms with Gasteiger partial charge in [0.25, 0.3) is 0 Å². The van der Waals surface area contributed by atoms with Crippen LogP contribution in [0.4, 0.5) is 10.1 Å². The van der Waals surface area contributed by atoms with Crippen LogP contribution in [0.2, 0.25) is 0 Å². The van der Waals surface area contributed by atoms with Crippen molar-refractivity contribution in [1.29, 1.82) is 0 Å². The molecular formula is C17H21FN2O4. The summed E-state index contributed by atoms with van der Waals surface area (Å²) in [5.41, 5.74) is 0.134. The molecule has 24 heavy (non-hydrogen) atoms. The Morgan fingerprint density at radius 1 is 1.42 bits per heavy atom. The van der Waals surface area contributed by atoms with E-state index in [1.54, 1.807) is 13.0 Å². The normalized spacial score (nSPS) is 19.9. The van der Waals surface area contributed by atoms with Gasteiger partial charge in [0.2, 0.25) is 11.8 Å². The highest BCUT2D eigenvalue weighted by Gasteiger charge is 2.38. The molecule has 1 aliphatic heterocycles. The quantitative estimate of drug-likeness (QED) is 0.829. The van der Waals surface area contributed by atoms with Gasteiger partial charge in [-0.25, -0.2) is 9.18 Å². The maximum absolute atomic E-state index is 13.8. The highest BCUT2D eigenvalue weighted by atomic mass is 19.1. The van der Waals surface area contributed by atoms with E-state index in [2.05, 4.69) is 5.32 Å². The number of benzene rings is 1. The molecule has 6 nitrogen and oxygen atoms in total. The summed E-state index contributed by atoms with van der Waals surface area (Å²) in [6, 6.07) is 4.86. The average Bonchev–Trinajstić information content (AvgIpc) is 2.93. The molecule has 2 amide bonds. The van der Waals surface area contributed by atoms with Crippen LogP contribution in [-0.2, 0) is 14.4 Å². The number of carboxylic acids is 1. The molecule has 0 spiro atoms. The molecule has 0 radical (unpaired) electrons. The topological polar surface area (TPSA) is 86.7 Å². The lowest BCUT2D eigenvalue weighted by atomic mass is 9.98. The van der Waals surface area contributed by atoms with Crippen LogP contribution in [0.15, 0.2) is 24.3 Å². The van der Waals surface area contributed by atoms with Crippen LogP contribution >= 0.6 is 0 Å². The Labute approximate surface area is 139 Å². The van der Waals surface area contributed by atoms with Crippen molar-refractivity contribution in [3.05, 3.63) is 30.1 Å². The molecule has 2 rings (SSSR count). The molecule has 1 aliphatic rings. The molecule has 1 aromatic carbocycles. The molecule has 1 aromatic rings. The molecule has 2 N–H and O–H groups in total. The molecule has 0 aromatic heterocycles. The van der Waals surface area contributed by atoms with Crippen LogP contribution in [0.25, 0.3) is 0 Å². The lowest BCUT2D eigenvalue weighted by Gasteiger charge is -2.22.